The molecule has 0 aliphatic heterocycles. The molecule has 0 atom stereocenters. The lowest BCUT2D eigenvalue weighted by atomic mass is 10.2. The fraction of sp³-hybridized carbons (Fsp3) is 0.158. The molecular weight excluding hydrogens is 394 g/mol. The van der Waals surface area contributed by atoms with Crippen molar-refractivity contribution < 1.29 is 4.74 Å². The van der Waals surface area contributed by atoms with Gasteiger partial charge in [0.15, 0.2) is 11.0 Å². The predicted octanol–water partition coefficient (Wildman–Crippen LogP) is 3.73. The van der Waals surface area contributed by atoms with E-state index < -0.39 is 0 Å². The Hall–Kier alpha value is -2.91. The van der Waals surface area contributed by atoms with Crippen molar-refractivity contribution in [2.24, 2.45) is 0 Å². The molecule has 28 heavy (non-hydrogen) atoms. The highest BCUT2D eigenvalue weighted by atomic mass is 32.2. The molecule has 0 bridgehead atoms. The number of rotatable bonds is 7. The van der Waals surface area contributed by atoms with Gasteiger partial charge in [-0.25, -0.2) is 4.98 Å². The topological polar surface area (TPSA) is 85.7 Å². The summed E-state index contributed by atoms with van der Waals surface area (Å²) < 4.78 is 8.07. The van der Waals surface area contributed by atoms with Crippen molar-refractivity contribution >= 4 is 33.3 Å². The molecule has 0 radical (unpaired) electrons. The molecule has 0 spiro atoms. The zero-order chi connectivity index (χ0) is 19.5. The number of benzene rings is 1. The van der Waals surface area contributed by atoms with E-state index >= 15 is 0 Å². The number of nitrogens with zero attached hydrogens (tertiary/aromatic N) is 4. The number of hydrogen-bond acceptors (Lipinski definition) is 7. The molecule has 0 amide bonds. The zero-order valence-corrected chi connectivity index (χ0v) is 16.7. The summed E-state index contributed by atoms with van der Waals surface area (Å²) in [5.41, 5.74) is 1.46. The summed E-state index contributed by atoms with van der Waals surface area (Å²) in [7, 11) is 1.63. The fourth-order valence-electron chi connectivity index (χ4n) is 2.84. The normalized spacial score (nSPS) is 11.0. The number of thioether (sulfide) groups is 1. The number of nitrogens with one attached hydrogen (secondary N) is 1. The Balaban J connectivity index is 1.65. The predicted molar refractivity (Wildman–Crippen MR) is 112 cm³/mol. The van der Waals surface area contributed by atoms with E-state index in [0.29, 0.717) is 39.3 Å². The van der Waals surface area contributed by atoms with Crippen molar-refractivity contribution in [3.05, 3.63) is 64.5 Å². The summed E-state index contributed by atoms with van der Waals surface area (Å²) in [5.74, 6) is 2.51. The summed E-state index contributed by atoms with van der Waals surface area (Å²) in [4.78, 5) is 19.5. The monoisotopic (exact) mass is 411 g/mol. The van der Waals surface area contributed by atoms with Crippen molar-refractivity contribution in [2.45, 2.75) is 17.5 Å². The minimum atomic E-state index is -0.113. The maximum Gasteiger partial charge on any atom is 0.268 e. The van der Waals surface area contributed by atoms with Crippen LogP contribution in [0.1, 0.15) is 5.82 Å². The molecule has 4 aromatic rings. The van der Waals surface area contributed by atoms with E-state index in [1.54, 1.807) is 13.2 Å². The summed E-state index contributed by atoms with van der Waals surface area (Å²) in [6.45, 7) is 4.39. The molecule has 0 fully saturated rings. The minimum absolute atomic E-state index is 0.113. The van der Waals surface area contributed by atoms with Crippen LogP contribution in [0.15, 0.2) is 58.3 Å². The minimum Gasteiger partial charge on any atom is -0.496 e. The van der Waals surface area contributed by atoms with E-state index in [9.17, 15) is 4.79 Å². The lowest BCUT2D eigenvalue weighted by molar-refractivity contribution is 0.416. The second-order valence-corrected chi connectivity index (χ2v) is 7.70. The number of ether oxygens (including phenoxy) is 1. The van der Waals surface area contributed by atoms with Crippen LogP contribution in [-0.2, 0) is 12.3 Å². The van der Waals surface area contributed by atoms with Gasteiger partial charge in [0, 0.05) is 6.54 Å². The summed E-state index contributed by atoms with van der Waals surface area (Å²) in [6, 6.07) is 9.53. The number of hydrogen-bond donors (Lipinski definition) is 1. The van der Waals surface area contributed by atoms with Crippen molar-refractivity contribution in [3.8, 4) is 17.1 Å². The van der Waals surface area contributed by atoms with Crippen LogP contribution in [0.5, 0.6) is 5.75 Å². The number of thiophene rings is 1. The number of allylic oxidation sites excluding steroid dienone is 1. The standard InChI is InChI=1S/C19H17N5O2S2/c1-3-9-24-17(12-6-4-5-7-14(12)26-2)22-23-19(24)28-11-15-20-13-8-10-27-16(13)18(25)21-15/h3-8,10H,1,9,11H2,2H3,(H,20,21,25). The first-order chi connectivity index (χ1) is 13.7. The Labute approximate surface area is 169 Å². The maximum absolute atomic E-state index is 12.1. The average Bonchev–Trinajstić information content (AvgIpc) is 3.34. The Morgan fingerprint density at radius 2 is 2.18 bits per heavy atom. The lowest BCUT2D eigenvalue weighted by Gasteiger charge is -2.10. The summed E-state index contributed by atoms with van der Waals surface area (Å²) in [5, 5.41) is 11.3. The zero-order valence-electron chi connectivity index (χ0n) is 15.1. The van der Waals surface area contributed by atoms with Gasteiger partial charge in [-0.3, -0.25) is 9.36 Å². The average molecular weight is 412 g/mol. The highest BCUT2D eigenvalue weighted by Gasteiger charge is 2.17. The van der Waals surface area contributed by atoms with Crippen LogP contribution < -0.4 is 10.3 Å². The highest BCUT2D eigenvalue weighted by Crippen LogP contribution is 2.31. The number of methoxy groups -OCH3 is 1. The largest absolute Gasteiger partial charge is 0.496 e. The third kappa shape index (κ3) is 3.46. The third-order valence-corrected chi connectivity index (χ3v) is 5.96. The Morgan fingerprint density at radius 1 is 1.32 bits per heavy atom. The van der Waals surface area contributed by atoms with E-state index in [1.807, 2.05) is 40.3 Å². The number of fused-ring (bicyclic) bond motifs is 1. The molecule has 0 saturated carbocycles. The van der Waals surface area contributed by atoms with Crippen molar-refractivity contribution in [2.75, 3.05) is 7.11 Å². The highest BCUT2D eigenvalue weighted by molar-refractivity contribution is 7.98. The third-order valence-electron chi connectivity index (χ3n) is 4.08. The summed E-state index contributed by atoms with van der Waals surface area (Å²) >= 11 is 2.85. The van der Waals surface area contributed by atoms with Crippen molar-refractivity contribution in [1.29, 1.82) is 0 Å². The first-order valence-electron chi connectivity index (χ1n) is 8.48. The Kier molecular flexibility index (Phi) is 5.27. The van der Waals surface area contributed by atoms with Gasteiger partial charge in [0.05, 0.1) is 23.9 Å². The van der Waals surface area contributed by atoms with Crippen molar-refractivity contribution in [1.82, 2.24) is 24.7 Å². The second-order valence-electron chi connectivity index (χ2n) is 5.84. The van der Waals surface area contributed by atoms with E-state index in [1.165, 1.54) is 23.1 Å². The van der Waals surface area contributed by atoms with E-state index in [-0.39, 0.29) is 5.56 Å². The molecule has 7 nitrogen and oxygen atoms in total. The van der Waals surface area contributed by atoms with E-state index in [4.69, 9.17) is 4.74 Å². The molecular formula is C19H17N5O2S2. The fourth-order valence-corrected chi connectivity index (χ4v) is 4.38. The Bertz CT molecular complexity index is 1190. The van der Waals surface area contributed by atoms with Crippen LogP contribution in [-0.4, -0.2) is 31.8 Å². The molecule has 3 aromatic heterocycles. The van der Waals surface area contributed by atoms with Gasteiger partial charge in [0.1, 0.15) is 16.3 Å². The molecule has 3 heterocycles. The quantitative estimate of drug-likeness (QED) is 0.368. The summed E-state index contributed by atoms with van der Waals surface area (Å²) in [6.07, 6.45) is 1.80. The van der Waals surface area contributed by atoms with Crippen LogP contribution in [0.25, 0.3) is 21.6 Å². The lowest BCUT2D eigenvalue weighted by Crippen LogP contribution is -2.09. The first kappa shape index (κ1) is 18.5. The van der Waals surface area contributed by atoms with Crippen LogP contribution in [0.4, 0.5) is 0 Å². The maximum atomic E-state index is 12.1. The number of para-hydroxylation sites is 1. The number of aromatic amines is 1. The Morgan fingerprint density at radius 3 is 3.00 bits per heavy atom. The number of aromatic nitrogens is 5. The molecule has 4 rings (SSSR count). The van der Waals surface area contributed by atoms with Gasteiger partial charge in [-0.2, -0.15) is 0 Å². The van der Waals surface area contributed by atoms with E-state index in [0.717, 1.165) is 11.3 Å². The molecule has 0 unspecified atom stereocenters. The van der Waals surface area contributed by atoms with Gasteiger partial charge >= 0.3 is 0 Å². The molecule has 1 aromatic carbocycles. The van der Waals surface area contributed by atoms with Crippen LogP contribution in [0.2, 0.25) is 0 Å². The SMILES string of the molecule is C=CCn1c(SCc2nc3ccsc3c(=O)[nH]2)nnc1-c1ccccc1OC. The second kappa shape index (κ2) is 7.99. The molecule has 0 aliphatic carbocycles. The van der Waals surface area contributed by atoms with Crippen LogP contribution in [0.3, 0.4) is 0 Å². The van der Waals surface area contributed by atoms with Gasteiger partial charge in [-0.05, 0) is 23.6 Å². The first-order valence-corrected chi connectivity index (χ1v) is 10.3. The number of H-pyrrole nitrogens is 1. The molecule has 9 heteroatoms. The molecule has 1 N–H and O–H groups in total. The van der Waals surface area contributed by atoms with E-state index in [2.05, 4.69) is 26.7 Å². The van der Waals surface area contributed by atoms with Gasteiger partial charge in [0.25, 0.3) is 5.56 Å². The van der Waals surface area contributed by atoms with Gasteiger partial charge in [-0.15, -0.1) is 28.1 Å². The molecule has 0 saturated heterocycles. The van der Waals surface area contributed by atoms with Crippen LogP contribution >= 0.6 is 23.1 Å². The smallest absolute Gasteiger partial charge is 0.268 e. The van der Waals surface area contributed by atoms with Crippen LogP contribution in [0, 0.1) is 0 Å². The van der Waals surface area contributed by atoms with Gasteiger partial charge in [0.2, 0.25) is 0 Å². The van der Waals surface area contributed by atoms with Gasteiger partial charge < -0.3 is 9.72 Å². The van der Waals surface area contributed by atoms with Crippen molar-refractivity contribution in [3.63, 3.8) is 0 Å². The molecule has 0 aliphatic rings. The molecule has 142 valence electrons. The van der Waals surface area contributed by atoms with Gasteiger partial charge in [-0.1, -0.05) is 30.0 Å².